The molecule has 2 rings (SSSR count). The molecular weight excluding hydrogens is 259 g/mol. The molecule has 1 saturated heterocycles. The summed E-state index contributed by atoms with van der Waals surface area (Å²) in [5.41, 5.74) is 2.08. The number of nitrogens with zero attached hydrogens (tertiary/aromatic N) is 2. The van der Waals surface area contributed by atoms with Crippen molar-refractivity contribution in [3.8, 4) is 0 Å². The third-order valence-corrected chi connectivity index (χ3v) is 4.02. The Morgan fingerprint density at radius 1 is 1.37 bits per heavy atom. The summed E-state index contributed by atoms with van der Waals surface area (Å²) in [4.78, 5) is 16.0. The standard InChI is InChI=1S/C13H19BN2O2S/c1-14(18)16-8-6-15(7-9-16)12-3-2-4-13(19)11(12)5-10-17/h2-4,10,18-19H,5-9H2,1H3. The zero-order valence-corrected chi connectivity index (χ0v) is 12.0. The zero-order valence-electron chi connectivity index (χ0n) is 11.1. The van der Waals surface area contributed by atoms with Gasteiger partial charge in [0.25, 0.3) is 0 Å². The van der Waals surface area contributed by atoms with Crippen LogP contribution in [0.5, 0.6) is 0 Å². The lowest BCUT2D eigenvalue weighted by Gasteiger charge is -2.37. The van der Waals surface area contributed by atoms with Gasteiger partial charge in [0.15, 0.2) is 0 Å². The predicted octanol–water partition coefficient (Wildman–Crippen LogP) is 0.949. The number of rotatable bonds is 4. The van der Waals surface area contributed by atoms with Gasteiger partial charge in [-0.25, -0.2) is 0 Å². The van der Waals surface area contributed by atoms with Gasteiger partial charge in [-0.2, -0.15) is 0 Å². The van der Waals surface area contributed by atoms with E-state index in [0.717, 1.165) is 48.6 Å². The quantitative estimate of drug-likeness (QED) is 0.489. The number of piperazine rings is 1. The van der Waals surface area contributed by atoms with E-state index in [2.05, 4.69) is 17.5 Å². The van der Waals surface area contributed by atoms with Crippen LogP contribution in [0, 0.1) is 0 Å². The van der Waals surface area contributed by atoms with Crippen molar-refractivity contribution in [2.24, 2.45) is 0 Å². The summed E-state index contributed by atoms with van der Waals surface area (Å²) in [7, 11) is -0.396. The number of thiol groups is 1. The fourth-order valence-electron chi connectivity index (χ4n) is 2.49. The maximum atomic E-state index is 10.8. The molecule has 1 aromatic carbocycles. The van der Waals surface area contributed by atoms with Gasteiger partial charge in [-0.15, -0.1) is 12.6 Å². The highest BCUT2D eigenvalue weighted by molar-refractivity contribution is 7.80. The average molecular weight is 278 g/mol. The maximum Gasteiger partial charge on any atom is 0.376 e. The Morgan fingerprint density at radius 2 is 2.05 bits per heavy atom. The first kappa shape index (κ1) is 14.4. The lowest BCUT2D eigenvalue weighted by molar-refractivity contribution is -0.107. The smallest absolute Gasteiger partial charge is 0.376 e. The Morgan fingerprint density at radius 3 is 2.63 bits per heavy atom. The van der Waals surface area contributed by atoms with Crippen molar-refractivity contribution in [2.75, 3.05) is 31.1 Å². The monoisotopic (exact) mass is 278 g/mol. The van der Waals surface area contributed by atoms with E-state index in [1.54, 1.807) is 6.82 Å². The van der Waals surface area contributed by atoms with Crippen molar-refractivity contribution in [3.63, 3.8) is 0 Å². The minimum Gasteiger partial charge on any atom is -0.437 e. The molecule has 1 N–H and O–H groups in total. The summed E-state index contributed by atoms with van der Waals surface area (Å²) in [6.07, 6.45) is 1.32. The fourth-order valence-corrected chi connectivity index (χ4v) is 2.78. The van der Waals surface area contributed by atoms with Crippen molar-refractivity contribution in [3.05, 3.63) is 23.8 Å². The molecule has 0 atom stereocenters. The van der Waals surface area contributed by atoms with Gasteiger partial charge in [-0.1, -0.05) is 6.07 Å². The van der Waals surface area contributed by atoms with Crippen LogP contribution in [0.3, 0.4) is 0 Å². The maximum absolute atomic E-state index is 10.8. The summed E-state index contributed by atoms with van der Waals surface area (Å²) in [5.74, 6) is 0. The van der Waals surface area contributed by atoms with Gasteiger partial charge in [0, 0.05) is 43.2 Å². The van der Waals surface area contributed by atoms with Crippen LogP contribution in [0.2, 0.25) is 6.82 Å². The highest BCUT2D eigenvalue weighted by atomic mass is 32.1. The van der Waals surface area contributed by atoms with E-state index in [-0.39, 0.29) is 0 Å². The second-order valence-corrected chi connectivity index (χ2v) is 5.28. The summed E-state index contributed by atoms with van der Waals surface area (Å²) in [6.45, 7) is 5.16. The SMILES string of the molecule is CB(O)N1CCN(c2cccc(S)c2CC=O)CC1. The molecule has 1 aliphatic heterocycles. The molecule has 0 saturated carbocycles. The van der Waals surface area contributed by atoms with E-state index in [9.17, 15) is 9.82 Å². The minimum atomic E-state index is -0.396. The van der Waals surface area contributed by atoms with Crippen LogP contribution >= 0.6 is 12.6 Å². The van der Waals surface area contributed by atoms with Gasteiger partial charge in [-0.05, 0) is 24.5 Å². The van der Waals surface area contributed by atoms with E-state index >= 15 is 0 Å². The number of benzene rings is 1. The largest absolute Gasteiger partial charge is 0.437 e. The van der Waals surface area contributed by atoms with E-state index in [1.807, 2.05) is 23.0 Å². The van der Waals surface area contributed by atoms with Crippen LogP contribution in [-0.2, 0) is 11.2 Å². The van der Waals surface area contributed by atoms with Gasteiger partial charge in [-0.3, -0.25) is 0 Å². The lowest BCUT2D eigenvalue weighted by Crippen LogP contribution is -2.51. The Kier molecular flexibility index (Phi) is 4.90. The summed E-state index contributed by atoms with van der Waals surface area (Å²) < 4.78 is 0. The Labute approximate surface area is 119 Å². The normalized spacial score (nSPS) is 16.5. The first-order valence-electron chi connectivity index (χ1n) is 6.55. The summed E-state index contributed by atoms with van der Waals surface area (Å²) in [6, 6.07) is 5.92. The Hall–Kier alpha value is -0.975. The molecule has 0 aliphatic carbocycles. The van der Waals surface area contributed by atoms with Crippen molar-refractivity contribution in [1.82, 2.24) is 4.81 Å². The molecule has 6 heteroatoms. The molecule has 4 nitrogen and oxygen atoms in total. The fraction of sp³-hybridized carbons (Fsp3) is 0.462. The van der Waals surface area contributed by atoms with Crippen molar-refractivity contribution >= 4 is 31.7 Å². The second kappa shape index (κ2) is 6.46. The number of carbonyl (C=O) groups is 1. The molecule has 0 radical (unpaired) electrons. The van der Waals surface area contributed by atoms with Crippen LogP contribution < -0.4 is 4.90 Å². The first-order chi connectivity index (χ1) is 9.13. The predicted molar refractivity (Wildman–Crippen MR) is 81.1 cm³/mol. The van der Waals surface area contributed by atoms with E-state index in [0.29, 0.717) is 6.42 Å². The van der Waals surface area contributed by atoms with Crippen LogP contribution in [0.15, 0.2) is 23.1 Å². The third-order valence-electron chi connectivity index (χ3n) is 3.60. The van der Waals surface area contributed by atoms with Gasteiger partial charge < -0.3 is 19.5 Å². The molecule has 0 unspecified atom stereocenters. The number of aldehydes is 1. The molecule has 1 fully saturated rings. The number of hydrogen-bond acceptors (Lipinski definition) is 5. The lowest BCUT2D eigenvalue weighted by atomic mass is 9.84. The van der Waals surface area contributed by atoms with Crippen LogP contribution in [0.25, 0.3) is 0 Å². The Balaban J connectivity index is 2.15. The third kappa shape index (κ3) is 3.32. The van der Waals surface area contributed by atoms with E-state index < -0.39 is 7.05 Å². The van der Waals surface area contributed by atoms with Crippen LogP contribution in [0.1, 0.15) is 5.56 Å². The van der Waals surface area contributed by atoms with Gasteiger partial charge >= 0.3 is 7.05 Å². The van der Waals surface area contributed by atoms with Crippen molar-refractivity contribution in [2.45, 2.75) is 18.1 Å². The van der Waals surface area contributed by atoms with Crippen LogP contribution in [-0.4, -0.2) is 49.4 Å². The molecule has 0 amide bonds. The van der Waals surface area contributed by atoms with Gasteiger partial charge in [0.05, 0.1) is 0 Å². The van der Waals surface area contributed by atoms with Crippen molar-refractivity contribution < 1.29 is 9.82 Å². The zero-order chi connectivity index (χ0) is 13.8. The molecule has 1 aliphatic rings. The molecule has 0 aromatic heterocycles. The van der Waals surface area contributed by atoms with E-state index in [4.69, 9.17) is 0 Å². The summed E-state index contributed by atoms with van der Waals surface area (Å²) in [5, 5.41) is 9.57. The highest BCUT2D eigenvalue weighted by Crippen LogP contribution is 2.27. The number of hydrogen-bond donors (Lipinski definition) is 2. The molecular formula is C13H19BN2O2S. The minimum absolute atomic E-state index is 0.394. The average Bonchev–Trinajstić information content (AvgIpc) is 2.41. The Bertz CT molecular complexity index is 448. The topological polar surface area (TPSA) is 43.8 Å². The van der Waals surface area contributed by atoms with Crippen molar-refractivity contribution in [1.29, 1.82) is 0 Å². The molecule has 19 heavy (non-hydrogen) atoms. The first-order valence-corrected chi connectivity index (χ1v) is 6.99. The highest BCUT2D eigenvalue weighted by Gasteiger charge is 2.23. The molecule has 102 valence electrons. The van der Waals surface area contributed by atoms with E-state index in [1.165, 1.54) is 0 Å². The molecule has 1 aromatic rings. The molecule has 0 bridgehead atoms. The number of carbonyl (C=O) groups excluding carboxylic acids is 1. The molecule has 1 heterocycles. The van der Waals surface area contributed by atoms with Crippen LogP contribution in [0.4, 0.5) is 5.69 Å². The summed E-state index contributed by atoms with van der Waals surface area (Å²) >= 11 is 4.44. The van der Waals surface area contributed by atoms with Gasteiger partial charge in [0.2, 0.25) is 0 Å². The van der Waals surface area contributed by atoms with Gasteiger partial charge in [0.1, 0.15) is 6.29 Å². The molecule has 0 spiro atoms. The number of anilines is 1. The second-order valence-electron chi connectivity index (χ2n) is 4.80.